The molecule has 0 spiro atoms. The Kier molecular flexibility index (Phi) is 4.70. The number of halogens is 3. The third-order valence-corrected chi connectivity index (χ3v) is 4.25. The second kappa shape index (κ2) is 7.32. The SMILES string of the molecule is Nc1nc(-c2cccc(Cl)c2)cc(-c2cn(Cc3ccc(F)cc3F)nn2)n1. The van der Waals surface area contributed by atoms with E-state index < -0.39 is 11.6 Å². The number of aromatic nitrogens is 5. The first-order valence-corrected chi connectivity index (χ1v) is 8.61. The molecule has 0 saturated heterocycles. The third kappa shape index (κ3) is 3.81. The number of rotatable bonds is 4. The molecule has 0 unspecified atom stereocenters. The van der Waals surface area contributed by atoms with Gasteiger partial charge in [0.25, 0.3) is 0 Å². The zero-order valence-corrected chi connectivity index (χ0v) is 15.1. The van der Waals surface area contributed by atoms with E-state index in [1.54, 1.807) is 24.4 Å². The van der Waals surface area contributed by atoms with Gasteiger partial charge in [-0.3, -0.25) is 0 Å². The molecule has 0 bridgehead atoms. The van der Waals surface area contributed by atoms with Crippen molar-refractivity contribution in [1.29, 1.82) is 0 Å². The van der Waals surface area contributed by atoms with Gasteiger partial charge >= 0.3 is 0 Å². The highest BCUT2D eigenvalue weighted by molar-refractivity contribution is 6.30. The number of hydrogen-bond donors (Lipinski definition) is 1. The Morgan fingerprint density at radius 1 is 0.964 bits per heavy atom. The molecule has 0 aliphatic rings. The van der Waals surface area contributed by atoms with Gasteiger partial charge in [-0.25, -0.2) is 23.4 Å². The van der Waals surface area contributed by atoms with E-state index in [1.165, 1.54) is 16.8 Å². The van der Waals surface area contributed by atoms with Crippen LogP contribution in [0.1, 0.15) is 5.56 Å². The molecular weight excluding hydrogens is 386 g/mol. The Labute approximate surface area is 163 Å². The van der Waals surface area contributed by atoms with E-state index in [1.807, 2.05) is 12.1 Å². The molecule has 0 atom stereocenters. The second-order valence-electron chi connectivity index (χ2n) is 6.04. The van der Waals surface area contributed by atoms with Gasteiger partial charge in [0.2, 0.25) is 5.95 Å². The molecule has 0 radical (unpaired) electrons. The largest absolute Gasteiger partial charge is 0.368 e. The second-order valence-corrected chi connectivity index (χ2v) is 6.48. The van der Waals surface area contributed by atoms with Crippen LogP contribution in [0, 0.1) is 11.6 Å². The molecule has 28 heavy (non-hydrogen) atoms. The van der Waals surface area contributed by atoms with Crippen molar-refractivity contribution in [2.75, 3.05) is 5.73 Å². The summed E-state index contributed by atoms with van der Waals surface area (Å²) in [6.45, 7) is 0.0980. The summed E-state index contributed by atoms with van der Waals surface area (Å²) in [5.74, 6) is -1.20. The van der Waals surface area contributed by atoms with Crippen molar-refractivity contribution in [2.24, 2.45) is 0 Å². The Hall–Kier alpha value is -3.39. The van der Waals surface area contributed by atoms with Crippen LogP contribution >= 0.6 is 11.6 Å². The quantitative estimate of drug-likeness (QED) is 0.562. The summed E-state index contributed by atoms with van der Waals surface area (Å²) in [6, 6.07) is 12.3. The molecule has 0 saturated carbocycles. The first-order chi connectivity index (χ1) is 13.5. The number of benzene rings is 2. The lowest BCUT2D eigenvalue weighted by Gasteiger charge is -2.05. The predicted octanol–water partition coefficient (Wildman–Crippen LogP) is 3.96. The average Bonchev–Trinajstić information content (AvgIpc) is 3.12. The summed E-state index contributed by atoms with van der Waals surface area (Å²) in [5.41, 5.74) is 8.41. The molecule has 6 nitrogen and oxygen atoms in total. The number of hydrogen-bond acceptors (Lipinski definition) is 5. The van der Waals surface area contributed by atoms with Crippen molar-refractivity contribution in [2.45, 2.75) is 6.54 Å². The summed E-state index contributed by atoms with van der Waals surface area (Å²) in [5, 5.41) is 8.62. The fourth-order valence-electron chi connectivity index (χ4n) is 2.71. The van der Waals surface area contributed by atoms with Gasteiger partial charge in [-0.05, 0) is 24.3 Å². The van der Waals surface area contributed by atoms with Crippen LogP contribution in [0.4, 0.5) is 14.7 Å². The first-order valence-electron chi connectivity index (χ1n) is 8.23. The molecule has 2 N–H and O–H groups in total. The highest BCUT2D eigenvalue weighted by Crippen LogP contribution is 2.25. The van der Waals surface area contributed by atoms with Crippen molar-refractivity contribution < 1.29 is 8.78 Å². The lowest BCUT2D eigenvalue weighted by Crippen LogP contribution is -2.03. The van der Waals surface area contributed by atoms with Crippen molar-refractivity contribution in [3.8, 4) is 22.6 Å². The van der Waals surface area contributed by atoms with E-state index in [0.29, 0.717) is 27.7 Å². The molecule has 2 heterocycles. The fraction of sp³-hybridized carbons (Fsp3) is 0.0526. The first kappa shape index (κ1) is 18.0. The third-order valence-electron chi connectivity index (χ3n) is 4.01. The summed E-state index contributed by atoms with van der Waals surface area (Å²) >= 11 is 6.04. The van der Waals surface area contributed by atoms with E-state index in [9.17, 15) is 8.78 Å². The van der Waals surface area contributed by atoms with Crippen molar-refractivity contribution >= 4 is 17.5 Å². The Balaban J connectivity index is 1.65. The van der Waals surface area contributed by atoms with Crippen LogP contribution in [0.25, 0.3) is 22.6 Å². The molecule has 0 fully saturated rings. The lowest BCUT2D eigenvalue weighted by molar-refractivity contribution is 0.554. The van der Waals surface area contributed by atoms with E-state index >= 15 is 0 Å². The molecule has 2 aromatic heterocycles. The maximum atomic E-state index is 13.8. The molecule has 0 aliphatic heterocycles. The standard InChI is InChI=1S/C19H13ClF2N6/c20-13-3-1-2-11(6-13)16-8-17(25-19(23)24-16)18-10-28(27-26-18)9-12-4-5-14(21)7-15(12)22/h1-8,10H,9H2,(H2,23,24,25). The van der Waals surface area contributed by atoms with Crippen molar-refractivity contribution in [1.82, 2.24) is 25.0 Å². The summed E-state index contributed by atoms with van der Waals surface area (Å²) < 4.78 is 28.3. The van der Waals surface area contributed by atoms with Gasteiger partial charge in [-0.2, -0.15) is 0 Å². The normalized spacial score (nSPS) is 11.0. The minimum Gasteiger partial charge on any atom is -0.368 e. The van der Waals surface area contributed by atoms with Crippen LogP contribution in [0.3, 0.4) is 0 Å². The maximum Gasteiger partial charge on any atom is 0.221 e. The zero-order chi connectivity index (χ0) is 19.7. The summed E-state index contributed by atoms with van der Waals surface area (Å²) in [4.78, 5) is 8.43. The predicted molar refractivity (Wildman–Crippen MR) is 101 cm³/mol. The smallest absolute Gasteiger partial charge is 0.221 e. The highest BCUT2D eigenvalue weighted by atomic mass is 35.5. The van der Waals surface area contributed by atoms with Crippen molar-refractivity contribution in [3.63, 3.8) is 0 Å². The molecule has 9 heteroatoms. The van der Waals surface area contributed by atoms with Crippen LogP contribution in [0.2, 0.25) is 5.02 Å². The number of nitrogens with two attached hydrogens (primary N) is 1. The van der Waals surface area contributed by atoms with Crippen LogP contribution in [0.15, 0.2) is 54.7 Å². The average molecular weight is 399 g/mol. The fourth-order valence-corrected chi connectivity index (χ4v) is 2.90. The molecule has 0 amide bonds. The van der Waals surface area contributed by atoms with Gasteiger partial charge in [-0.15, -0.1) is 5.10 Å². The summed E-state index contributed by atoms with van der Waals surface area (Å²) in [7, 11) is 0. The van der Waals surface area contributed by atoms with Gasteiger partial charge in [-0.1, -0.05) is 35.0 Å². The molecule has 0 aliphatic carbocycles. The molecule has 2 aromatic carbocycles. The Morgan fingerprint density at radius 3 is 2.57 bits per heavy atom. The summed E-state index contributed by atoms with van der Waals surface area (Å²) in [6.07, 6.45) is 1.60. The van der Waals surface area contributed by atoms with Crippen LogP contribution in [0.5, 0.6) is 0 Å². The lowest BCUT2D eigenvalue weighted by atomic mass is 10.1. The van der Waals surface area contributed by atoms with Crippen molar-refractivity contribution in [3.05, 3.63) is 76.9 Å². The van der Waals surface area contributed by atoms with Crippen LogP contribution in [-0.2, 0) is 6.54 Å². The molecule has 4 aromatic rings. The molecular formula is C19H13ClF2N6. The maximum absolute atomic E-state index is 13.8. The minimum absolute atomic E-state index is 0.0756. The van der Waals surface area contributed by atoms with Crippen LogP contribution in [-0.4, -0.2) is 25.0 Å². The molecule has 140 valence electrons. The minimum atomic E-state index is -0.647. The van der Waals surface area contributed by atoms with E-state index in [4.69, 9.17) is 17.3 Å². The number of anilines is 1. The molecule has 4 rings (SSSR count). The van der Waals surface area contributed by atoms with E-state index in [2.05, 4.69) is 20.3 Å². The van der Waals surface area contributed by atoms with Gasteiger partial charge in [0.05, 0.1) is 24.1 Å². The van der Waals surface area contributed by atoms with Crippen LogP contribution < -0.4 is 5.73 Å². The van der Waals surface area contributed by atoms with Gasteiger partial charge in [0, 0.05) is 22.2 Å². The zero-order valence-electron chi connectivity index (χ0n) is 14.4. The Morgan fingerprint density at radius 2 is 1.79 bits per heavy atom. The number of nitrogens with zero attached hydrogens (tertiary/aromatic N) is 5. The van der Waals surface area contributed by atoms with E-state index in [0.717, 1.165) is 11.6 Å². The monoisotopic (exact) mass is 398 g/mol. The van der Waals surface area contributed by atoms with Gasteiger partial charge < -0.3 is 5.73 Å². The number of nitrogen functional groups attached to an aromatic ring is 1. The van der Waals surface area contributed by atoms with Gasteiger partial charge in [0.15, 0.2) is 0 Å². The van der Waals surface area contributed by atoms with Gasteiger partial charge in [0.1, 0.15) is 17.3 Å². The van der Waals surface area contributed by atoms with E-state index in [-0.39, 0.29) is 12.5 Å². The Bertz CT molecular complexity index is 1160. The highest BCUT2D eigenvalue weighted by Gasteiger charge is 2.12. The topological polar surface area (TPSA) is 82.5 Å².